The molecule has 2 aromatic rings. The molecule has 6 heteroatoms. The van der Waals surface area contributed by atoms with Crippen LogP contribution < -0.4 is 4.74 Å². The second kappa shape index (κ2) is 5.81. The lowest BCUT2D eigenvalue weighted by Gasteiger charge is -2.22. The molecule has 2 aromatic heterocycles. The summed E-state index contributed by atoms with van der Waals surface area (Å²) in [5, 5.41) is -0.171. The van der Waals surface area contributed by atoms with Gasteiger partial charge in [-0.05, 0) is 26.3 Å². The van der Waals surface area contributed by atoms with E-state index in [1.165, 1.54) is 0 Å². The van der Waals surface area contributed by atoms with Crippen LogP contribution in [0.15, 0.2) is 12.1 Å². The van der Waals surface area contributed by atoms with E-state index in [9.17, 15) is 0 Å². The van der Waals surface area contributed by atoms with Crippen LogP contribution in [0.3, 0.4) is 0 Å². The average molecular weight is 310 g/mol. The summed E-state index contributed by atoms with van der Waals surface area (Å²) in [4.78, 5) is 9.22. The number of halogens is 1. The predicted octanol–water partition coefficient (Wildman–Crippen LogP) is 3.34. The Labute approximate surface area is 129 Å². The van der Waals surface area contributed by atoms with E-state index < -0.39 is 0 Å². The number of hydrogen-bond donors (Lipinski definition) is 0. The zero-order valence-electron chi connectivity index (χ0n) is 12.5. The summed E-state index contributed by atoms with van der Waals surface area (Å²) in [6.07, 6.45) is 1.06. The second-order valence-corrected chi connectivity index (χ2v) is 6.17. The van der Waals surface area contributed by atoms with Crippen LogP contribution in [0.25, 0.3) is 11.2 Å². The number of fused-ring (bicyclic) bond motifs is 1. The summed E-state index contributed by atoms with van der Waals surface area (Å²) >= 11 is 6.33. The molecule has 3 rings (SSSR count). The van der Waals surface area contributed by atoms with Gasteiger partial charge in [-0.15, -0.1) is 11.6 Å². The summed E-state index contributed by atoms with van der Waals surface area (Å²) in [7, 11) is 1.62. The third kappa shape index (κ3) is 2.60. The lowest BCUT2D eigenvalue weighted by Crippen LogP contribution is -2.19. The van der Waals surface area contributed by atoms with E-state index in [-0.39, 0.29) is 11.4 Å². The number of rotatable bonds is 4. The van der Waals surface area contributed by atoms with E-state index in [2.05, 4.69) is 21.5 Å². The molecule has 0 amide bonds. The molecule has 0 saturated carbocycles. The van der Waals surface area contributed by atoms with Gasteiger partial charge in [-0.2, -0.15) is 4.98 Å². The Balaban J connectivity index is 2.13. The van der Waals surface area contributed by atoms with E-state index in [1.807, 2.05) is 19.1 Å². The highest BCUT2D eigenvalue weighted by atomic mass is 35.5. The Morgan fingerprint density at radius 3 is 2.81 bits per heavy atom. The lowest BCUT2D eigenvalue weighted by atomic mass is 10.0. The van der Waals surface area contributed by atoms with Gasteiger partial charge in [0, 0.05) is 24.6 Å². The minimum Gasteiger partial charge on any atom is -0.481 e. The number of methoxy groups -OCH3 is 1. The highest BCUT2D eigenvalue weighted by molar-refractivity contribution is 6.20. The Morgan fingerprint density at radius 2 is 2.19 bits per heavy atom. The maximum absolute atomic E-state index is 6.33. The number of imidazole rings is 1. The summed E-state index contributed by atoms with van der Waals surface area (Å²) in [5.41, 5.74) is 1.68. The molecule has 114 valence electrons. The molecule has 5 nitrogen and oxygen atoms in total. The number of nitrogens with zero attached hydrogens (tertiary/aromatic N) is 3. The van der Waals surface area contributed by atoms with E-state index in [1.54, 1.807) is 7.11 Å². The van der Waals surface area contributed by atoms with Crippen molar-refractivity contribution < 1.29 is 9.47 Å². The van der Waals surface area contributed by atoms with Crippen LogP contribution in [0, 0.1) is 5.92 Å². The van der Waals surface area contributed by atoms with Gasteiger partial charge in [0.15, 0.2) is 5.65 Å². The smallest absolute Gasteiger partial charge is 0.215 e. The fraction of sp³-hybridized carbons (Fsp3) is 0.600. The molecule has 1 saturated heterocycles. The highest BCUT2D eigenvalue weighted by Gasteiger charge is 2.28. The van der Waals surface area contributed by atoms with Crippen molar-refractivity contribution in [1.29, 1.82) is 0 Å². The molecule has 1 aliphatic heterocycles. The first-order valence-corrected chi connectivity index (χ1v) is 7.70. The Morgan fingerprint density at radius 1 is 1.38 bits per heavy atom. The number of hydrogen-bond acceptors (Lipinski definition) is 4. The van der Waals surface area contributed by atoms with Crippen LogP contribution in [0.2, 0.25) is 0 Å². The fourth-order valence-corrected chi connectivity index (χ4v) is 3.07. The van der Waals surface area contributed by atoms with Gasteiger partial charge < -0.3 is 14.0 Å². The number of ether oxygens (including phenoxy) is 2. The molecule has 1 fully saturated rings. The van der Waals surface area contributed by atoms with Crippen LogP contribution in [-0.2, 0) is 4.74 Å². The Bertz CT molecular complexity index is 635. The van der Waals surface area contributed by atoms with E-state index in [4.69, 9.17) is 21.1 Å². The molecule has 3 atom stereocenters. The van der Waals surface area contributed by atoms with Crippen LogP contribution >= 0.6 is 11.6 Å². The normalized spacial score (nSPS) is 21.6. The molecule has 0 aliphatic carbocycles. The van der Waals surface area contributed by atoms with Crippen molar-refractivity contribution in [2.24, 2.45) is 5.92 Å². The largest absolute Gasteiger partial charge is 0.481 e. The van der Waals surface area contributed by atoms with Crippen LogP contribution in [0.1, 0.15) is 37.5 Å². The predicted molar refractivity (Wildman–Crippen MR) is 82.0 cm³/mol. The molecule has 1 aliphatic rings. The highest BCUT2D eigenvalue weighted by Crippen LogP contribution is 2.33. The van der Waals surface area contributed by atoms with E-state index in [0.717, 1.165) is 36.6 Å². The van der Waals surface area contributed by atoms with Crippen molar-refractivity contribution >= 4 is 22.8 Å². The summed E-state index contributed by atoms with van der Waals surface area (Å²) < 4.78 is 12.9. The van der Waals surface area contributed by atoms with Crippen LogP contribution in [-0.4, -0.2) is 34.9 Å². The van der Waals surface area contributed by atoms with Crippen molar-refractivity contribution in [2.45, 2.75) is 31.7 Å². The van der Waals surface area contributed by atoms with Crippen molar-refractivity contribution in [3.63, 3.8) is 0 Å². The topological polar surface area (TPSA) is 49.2 Å². The molecule has 0 radical (unpaired) electrons. The molecular formula is C15H20ClN3O2. The van der Waals surface area contributed by atoms with E-state index >= 15 is 0 Å². The molecule has 3 heterocycles. The number of alkyl halides is 1. The van der Waals surface area contributed by atoms with Gasteiger partial charge in [0.1, 0.15) is 11.3 Å². The minimum absolute atomic E-state index is 0.171. The summed E-state index contributed by atoms with van der Waals surface area (Å²) in [6, 6.07) is 4.00. The SMILES string of the molecule is COc1ccc2nc(C(C)Cl)n(C(C)C3CCOC3)c2n1. The summed E-state index contributed by atoms with van der Waals surface area (Å²) in [6.45, 7) is 5.73. The van der Waals surface area contributed by atoms with E-state index in [0.29, 0.717) is 11.8 Å². The monoisotopic (exact) mass is 309 g/mol. The zero-order chi connectivity index (χ0) is 15.0. The van der Waals surface area contributed by atoms with Gasteiger partial charge >= 0.3 is 0 Å². The van der Waals surface area contributed by atoms with Crippen molar-refractivity contribution in [3.05, 3.63) is 18.0 Å². The zero-order valence-corrected chi connectivity index (χ0v) is 13.3. The van der Waals surface area contributed by atoms with Gasteiger partial charge in [0.25, 0.3) is 0 Å². The lowest BCUT2D eigenvalue weighted by molar-refractivity contribution is 0.175. The fourth-order valence-electron chi connectivity index (χ4n) is 2.91. The third-order valence-electron chi connectivity index (χ3n) is 4.16. The number of pyridine rings is 1. The summed E-state index contributed by atoms with van der Waals surface area (Å²) in [5.74, 6) is 1.91. The first-order chi connectivity index (χ1) is 10.1. The van der Waals surface area contributed by atoms with Gasteiger partial charge in [0.2, 0.25) is 5.88 Å². The molecule has 3 unspecified atom stereocenters. The number of aromatic nitrogens is 3. The standard InChI is InChI=1S/C15H20ClN3O2/c1-9(16)14-17-12-4-5-13(20-3)18-15(12)19(14)10(2)11-6-7-21-8-11/h4-5,9-11H,6-8H2,1-3H3. The van der Waals surface area contributed by atoms with Crippen molar-refractivity contribution in [1.82, 2.24) is 14.5 Å². The Kier molecular flexibility index (Phi) is 4.04. The maximum atomic E-state index is 6.33. The molecule has 0 spiro atoms. The first kappa shape index (κ1) is 14.6. The van der Waals surface area contributed by atoms with Gasteiger partial charge in [-0.25, -0.2) is 4.98 Å². The minimum atomic E-state index is -0.171. The van der Waals surface area contributed by atoms with Gasteiger partial charge in [-0.1, -0.05) is 0 Å². The average Bonchev–Trinajstić information content (AvgIpc) is 3.13. The first-order valence-electron chi connectivity index (χ1n) is 7.26. The third-order valence-corrected chi connectivity index (χ3v) is 4.35. The maximum Gasteiger partial charge on any atom is 0.215 e. The van der Waals surface area contributed by atoms with Crippen molar-refractivity contribution in [3.8, 4) is 5.88 Å². The second-order valence-electron chi connectivity index (χ2n) is 5.52. The molecule has 0 N–H and O–H groups in total. The van der Waals surface area contributed by atoms with Crippen LogP contribution in [0.5, 0.6) is 5.88 Å². The molecule has 21 heavy (non-hydrogen) atoms. The van der Waals surface area contributed by atoms with Crippen molar-refractivity contribution in [2.75, 3.05) is 20.3 Å². The quantitative estimate of drug-likeness (QED) is 0.813. The molecule has 0 bridgehead atoms. The Hall–Kier alpha value is -1.33. The van der Waals surface area contributed by atoms with Gasteiger partial charge in [-0.3, -0.25) is 0 Å². The van der Waals surface area contributed by atoms with Crippen LogP contribution in [0.4, 0.5) is 0 Å². The van der Waals surface area contributed by atoms with Gasteiger partial charge in [0.05, 0.1) is 19.1 Å². The molecule has 0 aromatic carbocycles. The molecular weight excluding hydrogens is 290 g/mol.